The van der Waals surface area contributed by atoms with Gasteiger partial charge in [-0.1, -0.05) is 24.3 Å². The summed E-state index contributed by atoms with van der Waals surface area (Å²) in [7, 11) is 0. The summed E-state index contributed by atoms with van der Waals surface area (Å²) in [5.74, 6) is 0. The molecular weight excluding hydrogens is 255 g/mol. The number of aromatic nitrogens is 1. The van der Waals surface area contributed by atoms with E-state index in [9.17, 15) is 0 Å². The Kier molecular flexibility index (Phi) is 6.81. The van der Waals surface area contributed by atoms with E-state index < -0.39 is 0 Å². The second-order valence-electron chi connectivity index (χ2n) is 3.59. The van der Waals surface area contributed by atoms with Crippen molar-refractivity contribution in [3.05, 3.63) is 53.9 Å². The first kappa shape index (κ1) is 15.9. The Morgan fingerprint density at radius 3 is 2.18 bits per heavy atom. The van der Waals surface area contributed by atoms with Crippen LogP contribution >= 0.6 is 24.8 Å². The zero-order chi connectivity index (χ0) is 10.7. The standard InChI is InChI=1S/C13H14N2.2ClH/c1-10-8-13(6-7-15-10)12-4-2-11(9-14)3-5-12;;/h2-8H,9,14H2,1H3;2*1H. The fraction of sp³-hybridized carbons (Fsp3) is 0.154. The SMILES string of the molecule is Cc1cc(-c2ccc(CN)cc2)ccn1.Cl.Cl. The number of benzene rings is 1. The van der Waals surface area contributed by atoms with Gasteiger partial charge in [0.2, 0.25) is 0 Å². The van der Waals surface area contributed by atoms with Crippen LogP contribution in [0.4, 0.5) is 0 Å². The lowest BCUT2D eigenvalue weighted by atomic mass is 10.0. The van der Waals surface area contributed by atoms with Crippen LogP contribution in [-0.2, 0) is 6.54 Å². The number of halogens is 2. The lowest BCUT2D eigenvalue weighted by Gasteiger charge is -2.03. The molecular formula is C13H16Cl2N2. The molecule has 0 fully saturated rings. The summed E-state index contributed by atoms with van der Waals surface area (Å²) in [6.45, 7) is 2.59. The van der Waals surface area contributed by atoms with E-state index in [0.717, 1.165) is 11.3 Å². The van der Waals surface area contributed by atoms with E-state index in [4.69, 9.17) is 5.73 Å². The molecule has 1 aromatic heterocycles. The van der Waals surface area contributed by atoms with Crippen molar-refractivity contribution in [3.8, 4) is 11.1 Å². The van der Waals surface area contributed by atoms with Gasteiger partial charge in [0.15, 0.2) is 0 Å². The fourth-order valence-corrected chi connectivity index (χ4v) is 1.56. The van der Waals surface area contributed by atoms with Crippen LogP contribution in [0.1, 0.15) is 11.3 Å². The molecule has 2 N–H and O–H groups in total. The number of aryl methyl sites for hydroxylation is 1. The molecule has 0 bridgehead atoms. The Labute approximate surface area is 114 Å². The molecule has 2 nitrogen and oxygen atoms in total. The summed E-state index contributed by atoms with van der Waals surface area (Å²) in [5, 5.41) is 0. The first-order chi connectivity index (χ1) is 7.29. The molecule has 17 heavy (non-hydrogen) atoms. The van der Waals surface area contributed by atoms with Gasteiger partial charge in [0.25, 0.3) is 0 Å². The highest BCUT2D eigenvalue weighted by atomic mass is 35.5. The lowest BCUT2D eigenvalue weighted by Crippen LogP contribution is -1.95. The van der Waals surface area contributed by atoms with E-state index in [0.29, 0.717) is 6.54 Å². The van der Waals surface area contributed by atoms with Crippen LogP contribution in [0, 0.1) is 6.92 Å². The van der Waals surface area contributed by atoms with Crippen molar-refractivity contribution >= 4 is 24.8 Å². The Morgan fingerprint density at radius 1 is 1.00 bits per heavy atom. The van der Waals surface area contributed by atoms with Crippen molar-refractivity contribution in [3.63, 3.8) is 0 Å². The van der Waals surface area contributed by atoms with Crippen LogP contribution in [0.5, 0.6) is 0 Å². The van der Waals surface area contributed by atoms with E-state index in [1.165, 1.54) is 11.1 Å². The topological polar surface area (TPSA) is 38.9 Å². The summed E-state index contributed by atoms with van der Waals surface area (Å²) in [5.41, 5.74) is 10.2. The van der Waals surface area contributed by atoms with Gasteiger partial charge in [-0.3, -0.25) is 4.98 Å². The molecule has 0 unspecified atom stereocenters. The van der Waals surface area contributed by atoms with E-state index in [1.54, 1.807) is 0 Å². The minimum absolute atomic E-state index is 0. The molecule has 4 heteroatoms. The number of pyridine rings is 1. The second kappa shape index (κ2) is 7.28. The molecule has 0 radical (unpaired) electrons. The van der Waals surface area contributed by atoms with Crippen molar-refractivity contribution in [2.75, 3.05) is 0 Å². The summed E-state index contributed by atoms with van der Waals surface area (Å²) < 4.78 is 0. The molecule has 2 rings (SSSR count). The average molecular weight is 271 g/mol. The van der Waals surface area contributed by atoms with Crippen molar-refractivity contribution in [1.29, 1.82) is 0 Å². The minimum Gasteiger partial charge on any atom is -0.326 e. The number of nitrogens with zero attached hydrogens (tertiary/aromatic N) is 1. The van der Waals surface area contributed by atoms with Gasteiger partial charge < -0.3 is 5.73 Å². The first-order valence-electron chi connectivity index (χ1n) is 5.01. The average Bonchev–Trinajstić information content (AvgIpc) is 2.29. The molecule has 0 saturated heterocycles. The van der Waals surface area contributed by atoms with Gasteiger partial charge in [0.1, 0.15) is 0 Å². The third-order valence-electron chi connectivity index (χ3n) is 2.42. The Balaban J connectivity index is 0.00000128. The van der Waals surface area contributed by atoms with Crippen LogP contribution in [0.15, 0.2) is 42.6 Å². The van der Waals surface area contributed by atoms with Gasteiger partial charge in [-0.05, 0) is 35.7 Å². The van der Waals surface area contributed by atoms with Crippen LogP contribution in [0.3, 0.4) is 0 Å². The summed E-state index contributed by atoms with van der Waals surface area (Å²) >= 11 is 0. The molecule has 0 aliphatic rings. The fourth-order valence-electron chi connectivity index (χ4n) is 1.56. The highest BCUT2D eigenvalue weighted by molar-refractivity contribution is 5.85. The second-order valence-corrected chi connectivity index (χ2v) is 3.59. The monoisotopic (exact) mass is 270 g/mol. The van der Waals surface area contributed by atoms with Gasteiger partial charge in [-0.25, -0.2) is 0 Å². The smallest absolute Gasteiger partial charge is 0.0378 e. The normalized spacial score (nSPS) is 9.06. The lowest BCUT2D eigenvalue weighted by molar-refractivity contribution is 1.07. The molecule has 0 aliphatic heterocycles. The summed E-state index contributed by atoms with van der Waals surface area (Å²) in [6, 6.07) is 12.4. The first-order valence-corrected chi connectivity index (χ1v) is 5.01. The molecule has 92 valence electrons. The van der Waals surface area contributed by atoms with Crippen LogP contribution in [0.2, 0.25) is 0 Å². The Hall–Kier alpha value is -1.09. The highest BCUT2D eigenvalue weighted by Crippen LogP contribution is 2.19. The van der Waals surface area contributed by atoms with E-state index in [2.05, 4.69) is 35.3 Å². The number of hydrogen-bond donors (Lipinski definition) is 1. The molecule has 1 heterocycles. The van der Waals surface area contributed by atoms with Gasteiger partial charge in [-0.2, -0.15) is 0 Å². The number of nitrogens with two attached hydrogens (primary N) is 1. The maximum Gasteiger partial charge on any atom is 0.0378 e. The van der Waals surface area contributed by atoms with E-state index >= 15 is 0 Å². The zero-order valence-electron chi connectivity index (χ0n) is 9.59. The Morgan fingerprint density at radius 2 is 1.65 bits per heavy atom. The molecule has 0 saturated carbocycles. The Bertz CT molecular complexity index is 455. The molecule has 1 aromatic carbocycles. The quantitative estimate of drug-likeness (QED) is 0.909. The predicted octanol–water partition coefficient (Wildman–Crippen LogP) is 3.36. The summed E-state index contributed by atoms with van der Waals surface area (Å²) in [6.07, 6.45) is 1.83. The number of hydrogen-bond acceptors (Lipinski definition) is 2. The highest BCUT2D eigenvalue weighted by Gasteiger charge is 1.97. The van der Waals surface area contributed by atoms with Gasteiger partial charge in [0.05, 0.1) is 0 Å². The van der Waals surface area contributed by atoms with E-state index in [-0.39, 0.29) is 24.8 Å². The summed E-state index contributed by atoms with van der Waals surface area (Å²) in [4.78, 5) is 4.18. The van der Waals surface area contributed by atoms with Gasteiger partial charge in [0, 0.05) is 18.4 Å². The van der Waals surface area contributed by atoms with Crippen LogP contribution in [-0.4, -0.2) is 4.98 Å². The minimum atomic E-state index is 0. The zero-order valence-corrected chi connectivity index (χ0v) is 11.2. The van der Waals surface area contributed by atoms with E-state index in [1.807, 2.05) is 19.2 Å². The molecule has 2 aromatic rings. The maximum absolute atomic E-state index is 5.55. The van der Waals surface area contributed by atoms with Crippen molar-refractivity contribution < 1.29 is 0 Å². The largest absolute Gasteiger partial charge is 0.326 e. The van der Waals surface area contributed by atoms with Gasteiger partial charge in [-0.15, -0.1) is 24.8 Å². The molecule has 0 atom stereocenters. The van der Waals surface area contributed by atoms with Crippen LogP contribution in [0.25, 0.3) is 11.1 Å². The third-order valence-corrected chi connectivity index (χ3v) is 2.42. The van der Waals surface area contributed by atoms with Crippen molar-refractivity contribution in [2.24, 2.45) is 5.73 Å². The van der Waals surface area contributed by atoms with Gasteiger partial charge >= 0.3 is 0 Å². The molecule has 0 spiro atoms. The van der Waals surface area contributed by atoms with Crippen molar-refractivity contribution in [1.82, 2.24) is 4.98 Å². The van der Waals surface area contributed by atoms with Crippen LogP contribution < -0.4 is 5.73 Å². The molecule has 0 aliphatic carbocycles. The maximum atomic E-state index is 5.55. The number of rotatable bonds is 2. The van der Waals surface area contributed by atoms with Crippen molar-refractivity contribution in [2.45, 2.75) is 13.5 Å². The third kappa shape index (κ3) is 4.00. The molecule has 0 amide bonds. The predicted molar refractivity (Wildman–Crippen MR) is 76.8 cm³/mol.